The molecule has 3 unspecified atom stereocenters. The van der Waals surface area contributed by atoms with Crippen molar-refractivity contribution in [2.75, 3.05) is 12.4 Å². The Morgan fingerprint density at radius 3 is 2.83 bits per heavy atom. The SMILES string of the molecule is COc1ccc(C#N)c(NC2CC3CCC2C3)c1. The summed E-state index contributed by atoms with van der Waals surface area (Å²) in [6, 6.07) is 8.39. The highest BCUT2D eigenvalue weighted by Gasteiger charge is 2.39. The van der Waals surface area contributed by atoms with Gasteiger partial charge in [-0.25, -0.2) is 0 Å². The zero-order chi connectivity index (χ0) is 12.5. The largest absolute Gasteiger partial charge is 0.497 e. The van der Waals surface area contributed by atoms with Gasteiger partial charge in [-0.1, -0.05) is 6.42 Å². The molecule has 1 aromatic carbocycles. The van der Waals surface area contributed by atoms with Gasteiger partial charge in [0.2, 0.25) is 0 Å². The first-order chi connectivity index (χ1) is 8.80. The first-order valence-electron chi connectivity index (χ1n) is 6.65. The Bertz CT molecular complexity index is 492. The van der Waals surface area contributed by atoms with Crippen LogP contribution in [-0.2, 0) is 0 Å². The molecule has 18 heavy (non-hydrogen) atoms. The van der Waals surface area contributed by atoms with E-state index in [-0.39, 0.29) is 0 Å². The fraction of sp³-hybridized carbons (Fsp3) is 0.533. The van der Waals surface area contributed by atoms with E-state index < -0.39 is 0 Å². The van der Waals surface area contributed by atoms with Gasteiger partial charge in [0.1, 0.15) is 11.8 Å². The Labute approximate surface area is 108 Å². The second kappa shape index (κ2) is 4.53. The van der Waals surface area contributed by atoms with E-state index in [1.165, 1.54) is 25.7 Å². The molecular formula is C15H18N2O. The lowest BCUT2D eigenvalue weighted by atomic mass is 9.95. The summed E-state index contributed by atoms with van der Waals surface area (Å²) in [4.78, 5) is 0. The third-order valence-corrected chi connectivity index (χ3v) is 4.43. The van der Waals surface area contributed by atoms with Crippen LogP contribution in [-0.4, -0.2) is 13.2 Å². The lowest BCUT2D eigenvalue weighted by Gasteiger charge is -2.24. The van der Waals surface area contributed by atoms with Gasteiger partial charge in [0.15, 0.2) is 0 Å². The lowest BCUT2D eigenvalue weighted by Crippen LogP contribution is -2.26. The van der Waals surface area contributed by atoms with Crippen molar-refractivity contribution < 1.29 is 4.74 Å². The summed E-state index contributed by atoms with van der Waals surface area (Å²) >= 11 is 0. The predicted molar refractivity (Wildman–Crippen MR) is 70.6 cm³/mol. The maximum atomic E-state index is 9.16. The third-order valence-electron chi connectivity index (χ3n) is 4.43. The molecule has 2 fully saturated rings. The molecule has 3 rings (SSSR count). The molecule has 2 aliphatic carbocycles. The van der Waals surface area contributed by atoms with Crippen LogP contribution in [0.15, 0.2) is 18.2 Å². The normalized spacial score (nSPS) is 29.0. The summed E-state index contributed by atoms with van der Waals surface area (Å²) in [5.74, 6) is 2.51. The summed E-state index contributed by atoms with van der Waals surface area (Å²) in [6.07, 6.45) is 5.36. The maximum Gasteiger partial charge on any atom is 0.121 e. The number of nitrogens with one attached hydrogen (secondary N) is 1. The van der Waals surface area contributed by atoms with Gasteiger partial charge in [-0.15, -0.1) is 0 Å². The Morgan fingerprint density at radius 2 is 2.22 bits per heavy atom. The monoisotopic (exact) mass is 242 g/mol. The van der Waals surface area contributed by atoms with Gasteiger partial charge >= 0.3 is 0 Å². The highest BCUT2D eigenvalue weighted by atomic mass is 16.5. The van der Waals surface area contributed by atoms with E-state index in [1.807, 2.05) is 18.2 Å². The third kappa shape index (κ3) is 1.92. The van der Waals surface area contributed by atoms with Crippen LogP contribution < -0.4 is 10.1 Å². The molecule has 3 nitrogen and oxygen atoms in total. The number of hydrogen-bond donors (Lipinski definition) is 1. The molecule has 0 amide bonds. The minimum Gasteiger partial charge on any atom is -0.497 e. The Kier molecular flexibility index (Phi) is 2.87. The highest BCUT2D eigenvalue weighted by Crippen LogP contribution is 2.45. The van der Waals surface area contributed by atoms with Crippen molar-refractivity contribution in [3.63, 3.8) is 0 Å². The number of anilines is 1. The molecule has 0 spiro atoms. The van der Waals surface area contributed by atoms with Crippen LogP contribution in [0.25, 0.3) is 0 Å². The molecule has 0 aliphatic heterocycles. The molecule has 1 aromatic rings. The summed E-state index contributed by atoms with van der Waals surface area (Å²) in [6.45, 7) is 0. The van der Waals surface area contributed by atoms with Crippen LogP contribution in [0.2, 0.25) is 0 Å². The summed E-state index contributed by atoms with van der Waals surface area (Å²) in [5, 5.41) is 12.7. The van der Waals surface area contributed by atoms with Crippen molar-refractivity contribution in [1.82, 2.24) is 0 Å². The quantitative estimate of drug-likeness (QED) is 0.885. The van der Waals surface area contributed by atoms with Crippen molar-refractivity contribution in [3.8, 4) is 11.8 Å². The number of hydrogen-bond acceptors (Lipinski definition) is 3. The zero-order valence-corrected chi connectivity index (χ0v) is 10.6. The number of methoxy groups -OCH3 is 1. The molecule has 2 aliphatic rings. The maximum absolute atomic E-state index is 9.16. The number of ether oxygens (including phenoxy) is 1. The molecule has 0 radical (unpaired) electrons. The molecule has 0 aromatic heterocycles. The first-order valence-corrected chi connectivity index (χ1v) is 6.65. The molecule has 94 valence electrons. The number of nitriles is 1. The van der Waals surface area contributed by atoms with Gasteiger partial charge < -0.3 is 10.1 Å². The second-order valence-corrected chi connectivity index (χ2v) is 5.45. The number of benzene rings is 1. The van der Waals surface area contributed by atoms with Crippen LogP contribution in [0.3, 0.4) is 0 Å². The van der Waals surface area contributed by atoms with Gasteiger partial charge in [0.05, 0.1) is 18.4 Å². The van der Waals surface area contributed by atoms with E-state index in [9.17, 15) is 0 Å². The molecule has 0 saturated heterocycles. The predicted octanol–water partition coefficient (Wildman–Crippen LogP) is 3.17. The minimum atomic E-state index is 0.544. The van der Waals surface area contributed by atoms with Crippen molar-refractivity contribution in [2.24, 2.45) is 11.8 Å². The van der Waals surface area contributed by atoms with Crippen molar-refractivity contribution in [2.45, 2.75) is 31.7 Å². The van der Waals surface area contributed by atoms with Crippen LogP contribution in [0.1, 0.15) is 31.2 Å². The van der Waals surface area contributed by atoms with Crippen molar-refractivity contribution in [3.05, 3.63) is 23.8 Å². The molecule has 3 atom stereocenters. The van der Waals surface area contributed by atoms with Crippen molar-refractivity contribution in [1.29, 1.82) is 5.26 Å². The number of fused-ring (bicyclic) bond motifs is 2. The molecule has 0 heterocycles. The van der Waals surface area contributed by atoms with Crippen LogP contribution in [0.5, 0.6) is 5.75 Å². The standard InChI is InChI=1S/C15H18N2O/c1-18-13-5-4-12(9-16)15(8-13)17-14-7-10-2-3-11(14)6-10/h4-5,8,10-11,14,17H,2-3,6-7H2,1H3. The Balaban J connectivity index is 1.81. The van der Waals surface area contributed by atoms with Crippen LogP contribution >= 0.6 is 0 Å². The smallest absolute Gasteiger partial charge is 0.121 e. The van der Waals surface area contributed by atoms with E-state index in [0.29, 0.717) is 11.6 Å². The molecule has 3 heteroatoms. The minimum absolute atomic E-state index is 0.544. The number of rotatable bonds is 3. The van der Waals surface area contributed by atoms with Gasteiger partial charge in [-0.05, 0) is 43.2 Å². The topological polar surface area (TPSA) is 45.0 Å². The first kappa shape index (κ1) is 11.4. The molecular weight excluding hydrogens is 224 g/mol. The average Bonchev–Trinajstić information content (AvgIpc) is 3.01. The molecule has 2 bridgehead atoms. The van der Waals surface area contributed by atoms with Crippen LogP contribution in [0.4, 0.5) is 5.69 Å². The summed E-state index contributed by atoms with van der Waals surface area (Å²) in [7, 11) is 1.66. The summed E-state index contributed by atoms with van der Waals surface area (Å²) in [5.41, 5.74) is 1.63. The average molecular weight is 242 g/mol. The van der Waals surface area contributed by atoms with Crippen LogP contribution in [0, 0.1) is 23.2 Å². The van der Waals surface area contributed by atoms with E-state index in [0.717, 1.165) is 23.3 Å². The van der Waals surface area contributed by atoms with Gasteiger partial charge in [-0.3, -0.25) is 0 Å². The molecule has 2 saturated carbocycles. The highest BCUT2D eigenvalue weighted by molar-refractivity contribution is 5.61. The molecule has 1 N–H and O–H groups in total. The number of nitrogens with zero attached hydrogens (tertiary/aromatic N) is 1. The van der Waals surface area contributed by atoms with E-state index >= 15 is 0 Å². The van der Waals surface area contributed by atoms with E-state index in [4.69, 9.17) is 10.00 Å². The Morgan fingerprint density at radius 1 is 1.33 bits per heavy atom. The fourth-order valence-electron chi connectivity index (χ4n) is 3.49. The van der Waals surface area contributed by atoms with Gasteiger partial charge in [0, 0.05) is 12.1 Å². The Hall–Kier alpha value is -1.69. The van der Waals surface area contributed by atoms with E-state index in [1.54, 1.807) is 7.11 Å². The van der Waals surface area contributed by atoms with Gasteiger partial charge in [0.25, 0.3) is 0 Å². The van der Waals surface area contributed by atoms with E-state index in [2.05, 4.69) is 11.4 Å². The lowest BCUT2D eigenvalue weighted by molar-refractivity contribution is 0.414. The van der Waals surface area contributed by atoms with Crippen molar-refractivity contribution >= 4 is 5.69 Å². The fourth-order valence-corrected chi connectivity index (χ4v) is 3.49. The second-order valence-electron chi connectivity index (χ2n) is 5.45. The van der Waals surface area contributed by atoms with Gasteiger partial charge in [-0.2, -0.15) is 5.26 Å². The zero-order valence-electron chi connectivity index (χ0n) is 10.6. The summed E-state index contributed by atoms with van der Waals surface area (Å²) < 4.78 is 5.23.